The molecular weight excluding hydrogens is 458 g/mol. The van der Waals surface area contributed by atoms with Gasteiger partial charge < -0.3 is 24.9 Å². The fraction of sp³-hybridized carbons (Fsp3) is 0.125. The van der Waals surface area contributed by atoms with E-state index in [9.17, 15) is 29.1 Å². The molecule has 1 amide bonds. The van der Waals surface area contributed by atoms with Gasteiger partial charge in [0.15, 0.2) is 0 Å². The van der Waals surface area contributed by atoms with Crippen molar-refractivity contribution in [3.8, 4) is 0 Å². The van der Waals surface area contributed by atoms with Crippen LogP contribution in [0, 0.1) is 0 Å². The Balaban J connectivity index is 1.79. The number of hydrogen-bond donors (Lipinski definition) is 4. The van der Waals surface area contributed by atoms with Crippen LogP contribution in [0.3, 0.4) is 0 Å². The van der Waals surface area contributed by atoms with Gasteiger partial charge in [0.25, 0.3) is 11.5 Å². The minimum atomic E-state index is -1.88. The number of carbonyl (C=O) groups is 3. The van der Waals surface area contributed by atoms with E-state index < -0.39 is 41.7 Å². The van der Waals surface area contributed by atoms with Crippen LogP contribution in [-0.4, -0.2) is 37.6 Å². The zero-order chi connectivity index (χ0) is 25.1. The molecule has 0 spiro atoms. The Morgan fingerprint density at radius 1 is 1.00 bits per heavy atom. The number of furan rings is 1. The quantitative estimate of drug-likeness (QED) is 0.298. The van der Waals surface area contributed by atoms with E-state index in [4.69, 9.17) is 9.52 Å². The lowest BCUT2D eigenvalue weighted by Crippen LogP contribution is -2.41. The highest BCUT2D eigenvalue weighted by Gasteiger charge is 2.28. The molecule has 0 aliphatic rings. The number of nitrogens with one attached hydrogen (secondary N) is 2. The fourth-order valence-corrected chi connectivity index (χ4v) is 3.74. The SMILES string of the molecule is O=C(O)CC(C(=O)O)n1c(=O)[nH]c2cc(C(NC(=O)c3ccccc3)c3ccco3)ccc2c1=O. The first kappa shape index (κ1) is 23.2. The van der Waals surface area contributed by atoms with Crippen LogP contribution < -0.4 is 16.6 Å². The Bertz CT molecular complexity index is 1520. The summed E-state index contributed by atoms with van der Waals surface area (Å²) in [5.41, 5.74) is -1.05. The number of aromatic amines is 1. The number of amides is 1. The van der Waals surface area contributed by atoms with Gasteiger partial charge in [-0.2, -0.15) is 0 Å². The van der Waals surface area contributed by atoms with Crippen molar-refractivity contribution >= 4 is 28.7 Å². The normalized spacial score (nSPS) is 12.7. The van der Waals surface area contributed by atoms with Crippen molar-refractivity contribution in [1.82, 2.24) is 14.9 Å². The molecule has 2 aromatic heterocycles. The first-order valence-electron chi connectivity index (χ1n) is 10.4. The Labute approximate surface area is 196 Å². The molecule has 2 unspecified atom stereocenters. The van der Waals surface area contributed by atoms with Gasteiger partial charge >= 0.3 is 17.6 Å². The number of H-pyrrole nitrogens is 1. The van der Waals surface area contributed by atoms with E-state index in [1.165, 1.54) is 24.5 Å². The molecule has 0 saturated heterocycles. The number of aromatic nitrogens is 2. The average Bonchev–Trinajstić information content (AvgIpc) is 3.36. The lowest BCUT2D eigenvalue weighted by atomic mass is 10.0. The highest BCUT2D eigenvalue weighted by molar-refractivity contribution is 5.94. The third-order valence-corrected chi connectivity index (χ3v) is 5.39. The van der Waals surface area contributed by atoms with Gasteiger partial charge in [-0.3, -0.25) is 14.4 Å². The van der Waals surface area contributed by atoms with Crippen LogP contribution in [0.5, 0.6) is 0 Å². The largest absolute Gasteiger partial charge is 0.481 e. The lowest BCUT2D eigenvalue weighted by Gasteiger charge is -2.18. The Hall–Kier alpha value is -4.93. The topological polar surface area (TPSA) is 172 Å². The monoisotopic (exact) mass is 477 g/mol. The maximum absolute atomic E-state index is 12.9. The second kappa shape index (κ2) is 9.51. The molecular formula is C24H19N3O8. The highest BCUT2D eigenvalue weighted by atomic mass is 16.4. The number of carboxylic acids is 2. The molecule has 0 bridgehead atoms. The summed E-state index contributed by atoms with van der Waals surface area (Å²) in [6.07, 6.45) is 0.487. The summed E-state index contributed by atoms with van der Waals surface area (Å²) in [6, 6.07) is 13.5. The van der Waals surface area contributed by atoms with Crippen molar-refractivity contribution in [2.75, 3.05) is 0 Å². The van der Waals surface area contributed by atoms with E-state index in [0.29, 0.717) is 21.5 Å². The first-order chi connectivity index (χ1) is 16.8. The molecule has 2 atom stereocenters. The van der Waals surface area contributed by atoms with Gasteiger partial charge in [0.1, 0.15) is 17.8 Å². The van der Waals surface area contributed by atoms with Crippen LogP contribution in [0.25, 0.3) is 10.9 Å². The van der Waals surface area contributed by atoms with Gasteiger partial charge in [0.05, 0.1) is 23.6 Å². The highest BCUT2D eigenvalue weighted by Crippen LogP contribution is 2.25. The summed E-state index contributed by atoms with van der Waals surface area (Å²) in [6.45, 7) is 0. The molecule has 4 N–H and O–H groups in total. The second-order valence-electron chi connectivity index (χ2n) is 7.65. The van der Waals surface area contributed by atoms with Crippen LogP contribution in [0.1, 0.15) is 40.2 Å². The summed E-state index contributed by atoms with van der Waals surface area (Å²) < 4.78 is 5.86. The third kappa shape index (κ3) is 4.74. The molecule has 0 radical (unpaired) electrons. The molecule has 4 rings (SSSR count). The zero-order valence-electron chi connectivity index (χ0n) is 18.0. The third-order valence-electron chi connectivity index (χ3n) is 5.39. The van der Waals surface area contributed by atoms with Gasteiger partial charge in [-0.1, -0.05) is 24.3 Å². The summed E-state index contributed by atoms with van der Waals surface area (Å²) in [5, 5.41) is 21.2. The number of aliphatic carboxylic acids is 2. The van der Waals surface area contributed by atoms with E-state index in [-0.39, 0.29) is 16.8 Å². The molecule has 0 aliphatic carbocycles. The fourth-order valence-electron chi connectivity index (χ4n) is 3.74. The standard InChI is InChI=1S/C24H19N3O8/c28-19(29)12-17(23(32)33)27-22(31)15-9-8-14(11-16(15)25-24(27)34)20(18-7-4-10-35-18)26-21(30)13-5-2-1-3-6-13/h1-11,17,20H,12H2,(H,25,34)(H,26,30)(H,28,29)(H,32,33). The van der Waals surface area contributed by atoms with Gasteiger partial charge in [-0.15, -0.1) is 0 Å². The Morgan fingerprint density at radius 3 is 2.37 bits per heavy atom. The molecule has 0 fully saturated rings. The minimum Gasteiger partial charge on any atom is -0.481 e. The number of nitrogens with zero attached hydrogens (tertiary/aromatic N) is 1. The molecule has 2 heterocycles. The molecule has 11 nitrogen and oxygen atoms in total. The number of fused-ring (bicyclic) bond motifs is 1. The summed E-state index contributed by atoms with van der Waals surface area (Å²) in [7, 11) is 0. The molecule has 2 aromatic carbocycles. The predicted octanol–water partition coefficient (Wildman–Crippen LogP) is 1.90. The number of rotatable bonds is 8. The van der Waals surface area contributed by atoms with Crippen molar-refractivity contribution in [2.45, 2.75) is 18.5 Å². The van der Waals surface area contributed by atoms with Crippen molar-refractivity contribution in [3.05, 3.63) is 105 Å². The van der Waals surface area contributed by atoms with Crippen LogP contribution in [0.2, 0.25) is 0 Å². The van der Waals surface area contributed by atoms with Crippen LogP contribution >= 0.6 is 0 Å². The minimum absolute atomic E-state index is 0.0300. The summed E-state index contributed by atoms with van der Waals surface area (Å²) in [5.74, 6) is -3.09. The van der Waals surface area contributed by atoms with E-state index in [1.54, 1.807) is 42.5 Å². The molecule has 0 saturated carbocycles. The van der Waals surface area contributed by atoms with E-state index >= 15 is 0 Å². The zero-order valence-corrected chi connectivity index (χ0v) is 18.0. The van der Waals surface area contributed by atoms with Gasteiger partial charge in [-0.05, 0) is 42.0 Å². The maximum Gasteiger partial charge on any atom is 0.329 e. The van der Waals surface area contributed by atoms with Crippen LogP contribution in [-0.2, 0) is 9.59 Å². The maximum atomic E-state index is 12.9. The van der Waals surface area contributed by atoms with Crippen molar-refractivity contribution in [3.63, 3.8) is 0 Å². The number of hydrogen-bond acceptors (Lipinski definition) is 6. The second-order valence-corrected chi connectivity index (χ2v) is 7.65. The summed E-state index contributed by atoms with van der Waals surface area (Å²) >= 11 is 0. The van der Waals surface area contributed by atoms with Crippen LogP contribution in [0.4, 0.5) is 0 Å². The first-order valence-corrected chi connectivity index (χ1v) is 10.4. The molecule has 4 aromatic rings. The molecule has 0 aliphatic heterocycles. The number of carboxylic acid groups (broad SMARTS) is 2. The van der Waals surface area contributed by atoms with Crippen molar-refractivity contribution in [1.29, 1.82) is 0 Å². The Kier molecular flexibility index (Phi) is 6.32. The number of benzene rings is 2. The molecule has 11 heteroatoms. The van der Waals surface area contributed by atoms with Crippen molar-refractivity contribution < 1.29 is 29.0 Å². The van der Waals surface area contributed by atoms with E-state index in [2.05, 4.69) is 10.3 Å². The Morgan fingerprint density at radius 2 is 1.74 bits per heavy atom. The smallest absolute Gasteiger partial charge is 0.329 e. The predicted molar refractivity (Wildman–Crippen MR) is 122 cm³/mol. The van der Waals surface area contributed by atoms with Gasteiger partial charge in [0, 0.05) is 5.56 Å². The van der Waals surface area contributed by atoms with Gasteiger partial charge in [-0.25, -0.2) is 14.2 Å². The van der Waals surface area contributed by atoms with E-state index in [1.807, 2.05) is 0 Å². The number of carbonyl (C=O) groups excluding carboxylic acids is 1. The lowest BCUT2D eigenvalue weighted by molar-refractivity contribution is -0.147. The molecule has 35 heavy (non-hydrogen) atoms. The summed E-state index contributed by atoms with van der Waals surface area (Å²) in [4.78, 5) is 63.4. The van der Waals surface area contributed by atoms with Crippen molar-refractivity contribution in [2.24, 2.45) is 0 Å². The van der Waals surface area contributed by atoms with Gasteiger partial charge in [0.2, 0.25) is 0 Å². The van der Waals surface area contributed by atoms with Crippen LogP contribution in [0.15, 0.2) is 80.9 Å². The van der Waals surface area contributed by atoms with E-state index in [0.717, 1.165) is 0 Å². The molecule has 178 valence electrons. The average molecular weight is 477 g/mol.